The van der Waals surface area contributed by atoms with E-state index in [-0.39, 0.29) is 24.7 Å². The predicted octanol–water partition coefficient (Wildman–Crippen LogP) is 2.12. The number of ether oxygens (including phenoxy) is 1. The Morgan fingerprint density at radius 2 is 2.08 bits per heavy atom. The van der Waals surface area contributed by atoms with Gasteiger partial charge in [-0.25, -0.2) is 4.79 Å². The normalized spacial score (nSPS) is 17.3. The first kappa shape index (κ1) is 16.9. The number of amides is 1. The van der Waals surface area contributed by atoms with Crippen LogP contribution in [-0.4, -0.2) is 45.5 Å². The number of carboxylic acids is 1. The molecule has 0 aromatic carbocycles. The van der Waals surface area contributed by atoms with Gasteiger partial charge in [0.25, 0.3) is 5.91 Å². The summed E-state index contributed by atoms with van der Waals surface area (Å²) in [5.41, 5.74) is -0.299. The van der Waals surface area contributed by atoms with E-state index in [1.807, 2.05) is 13.1 Å². The van der Waals surface area contributed by atoms with Crippen LogP contribution in [0.1, 0.15) is 48.0 Å². The van der Waals surface area contributed by atoms with Gasteiger partial charge in [0.2, 0.25) is 0 Å². The fourth-order valence-corrected chi connectivity index (χ4v) is 3.97. The number of carbonyl (C=O) groups excluding carboxylic acids is 1. The van der Waals surface area contributed by atoms with E-state index in [9.17, 15) is 14.7 Å². The van der Waals surface area contributed by atoms with Gasteiger partial charge in [-0.3, -0.25) is 9.48 Å². The lowest BCUT2D eigenvalue weighted by Gasteiger charge is -2.33. The van der Waals surface area contributed by atoms with Gasteiger partial charge >= 0.3 is 5.97 Å². The van der Waals surface area contributed by atoms with E-state index in [0.29, 0.717) is 18.1 Å². The number of carbonyl (C=O) groups is 2. The molecule has 2 aromatic rings. The molecule has 3 heterocycles. The van der Waals surface area contributed by atoms with Crippen LogP contribution in [0.2, 0.25) is 0 Å². The van der Waals surface area contributed by atoms with Crippen LogP contribution in [0.3, 0.4) is 0 Å². The molecule has 2 N–H and O–H groups in total. The third-order valence-electron chi connectivity index (χ3n) is 4.42. The van der Waals surface area contributed by atoms with Crippen LogP contribution in [0.5, 0.6) is 0 Å². The fraction of sp³-hybridized carbons (Fsp3) is 0.562. The molecule has 2 aromatic heterocycles. The summed E-state index contributed by atoms with van der Waals surface area (Å²) >= 11 is 1.33. The monoisotopic (exact) mass is 351 g/mol. The second kappa shape index (κ2) is 6.18. The minimum atomic E-state index is -1.25. The van der Waals surface area contributed by atoms with Crippen molar-refractivity contribution in [3.05, 3.63) is 16.6 Å². The van der Waals surface area contributed by atoms with Crippen LogP contribution in [0.15, 0.2) is 6.07 Å². The van der Waals surface area contributed by atoms with Gasteiger partial charge in [-0.1, -0.05) is 13.8 Å². The maximum absolute atomic E-state index is 12.6. The number of aromatic nitrogens is 2. The van der Waals surface area contributed by atoms with Crippen molar-refractivity contribution in [3.63, 3.8) is 0 Å². The van der Waals surface area contributed by atoms with Crippen molar-refractivity contribution < 1.29 is 19.4 Å². The molecule has 0 spiro atoms. The lowest BCUT2D eigenvalue weighted by molar-refractivity contribution is -0.148. The van der Waals surface area contributed by atoms with E-state index in [1.165, 1.54) is 11.3 Å². The van der Waals surface area contributed by atoms with Crippen molar-refractivity contribution in [1.82, 2.24) is 15.1 Å². The Balaban J connectivity index is 1.91. The van der Waals surface area contributed by atoms with E-state index in [4.69, 9.17) is 4.74 Å². The molecule has 1 fully saturated rings. The fourth-order valence-electron chi connectivity index (χ4n) is 3.00. The number of rotatable bonds is 4. The summed E-state index contributed by atoms with van der Waals surface area (Å²) in [6.45, 7) is 4.78. The van der Waals surface area contributed by atoms with Crippen molar-refractivity contribution in [1.29, 1.82) is 0 Å². The zero-order chi connectivity index (χ0) is 17.5. The molecule has 1 aliphatic rings. The molecular weight excluding hydrogens is 330 g/mol. The van der Waals surface area contributed by atoms with Gasteiger partial charge in [-0.2, -0.15) is 5.10 Å². The molecule has 1 saturated heterocycles. The Morgan fingerprint density at radius 1 is 1.42 bits per heavy atom. The molecule has 0 atom stereocenters. The van der Waals surface area contributed by atoms with Crippen LogP contribution in [-0.2, 0) is 16.6 Å². The second-order valence-electron chi connectivity index (χ2n) is 6.45. The number of hydrogen-bond donors (Lipinski definition) is 2. The molecule has 8 heteroatoms. The van der Waals surface area contributed by atoms with Gasteiger partial charge in [-0.05, 0) is 12.0 Å². The highest BCUT2D eigenvalue weighted by atomic mass is 32.1. The number of aliphatic carboxylic acids is 1. The summed E-state index contributed by atoms with van der Waals surface area (Å²) in [5.74, 6) is -1.11. The number of aryl methyl sites for hydroxylation is 1. The summed E-state index contributed by atoms with van der Waals surface area (Å²) in [5, 5.41) is 17.7. The molecule has 130 valence electrons. The quantitative estimate of drug-likeness (QED) is 0.880. The summed E-state index contributed by atoms with van der Waals surface area (Å²) in [6.07, 6.45) is 0.551. The summed E-state index contributed by atoms with van der Waals surface area (Å²) in [6, 6.07) is 1.81. The van der Waals surface area contributed by atoms with Gasteiger partial charge in [0.05, 0.1) is 10.6 Å². The molecule has 0 saturated carbocycles. The molecular formula is C16H21N3O4S. The van der Waals surface area contributed by atoms with Gasteiger partial charge in [0.1, 0.15) is 10.4 Å². The number of thiophene rings is 1. The standard InChI is InChI=1S/C16H21N3O4S/c1-9(2)12-10-8-11(24-14(10)19(3)18-12)13(20)17-16(15(21)22)4-6-23-7-5-16/h8-9H,4-7H2,1-3H3,(H,17,20)(H,21,22). The Hall–Kier alpha value is -1.93. The van der Waals surface area contributed by atoms with Crippen LogP contribution in [0.4, 0.5) is 0 Å². The van der Waals surface area contributed by atoms with Crippen LogP contribution in [0, 0.1) is 0 Å². The number of carboxylic acid groups (broad SMARTS) is 1. The number of hydrogen-bond acceptors (Lipinski definition) is 5. The van der Waals surface area contributed by atoms with Crippen LogP contribution >= 0.6 is 11.3 Å². The lowest BCUT2D eigenvalue weighted by atomic mass is 9.90. The van der Waals surface area contributed by atoms with Crippen LogP contribution < -0.4 is 5.32 Å². The first-order valence-corrected chi connectivity index (χ1v) is 8.76. The maximum atomic E-state index is 12.6. The number of nitrogens with one attached hydrogen (secondary N) is 1. The molecule has 1 aliphatic heterocycles. The van der Waals surface area contributed by atoms with Crippen molar-refractivity contribution in [2.75, 3.05) is 13.2 Å². The third kappa shape index (κ3) is 2.80. The van der Waals surface area contributed by atoms with E-state index in [0.717, 1.165) is 15.9 Å². The van der Waals surface area contributed by atoms with E-state index < -0.39 is 11.5 Å². The van der Waals surface area contributed by atoms with E-state index in [2.05, 4.69) is 24.3 Å². The topological polar surface area (TPSA) is 93.5 Å². The Morgan fingerprint density at radius 3 is 2.67 bits per heavy atom. The zero-order valence-corrected chi connectivity index (χ0v) is 14.8. The predicted molar refractivity (Wildman–Crippen MR) is 90.6 cm³/mol. The number of fused-ring (bicyclic) bond motifs is 1. The Bertz CT molecular complexity index is 787. The SMILES string of the molecule is CC(C)c1nn(C)c2sc(C(=O)NC3(C(=O)O)CCOCC3)cc12. The minimum absolute atomic E-state index is 0.250. The molecule has 1 amide bonds. The smallest absolute Gasteiger partial charge is 0.329 e. The Kier molecular flexibility index (Phi) is 4.35. The second-order valence-corrected chi connectivity index (χ2v) is 7.48. The van der Waals surface area contributed by atoms with Gasteiger partial charge in [-0.15, -0.1) is 11.3 Å². The van der Waals surface area contributed by atoms with Gasteiger partial charge in [0, 0.05) is 38.5 Å². The van der Waals surface area contributed by atoms with Crippen molar-refractivity contribution in [2.24, 2.45) is 7.05 Å². The highest BCUT2D eigenvalue weighted by Crippen LogP contribution is 2.32. The summed E-state index contributed by atoms with van der Waals surface area (Å²) in [4.78, 5) is 25.8. The van der Waals surface area contributed by atoms with Gasteiger partial charge < -0.3 is 15.2 Å². The largest absolute Gasteiger partial charge is 0.480 e. The molecule has 0 unspecified atom stereocenters. The highest BCUT2D eigenvalue weighted by molar-refractivity contribution is 7.20. The Labute approximate surface area is 143 Å². The molecule has 0 bridgehead atoms. The summed E-state index contributed by atoms with van der Waals surface area (Å²) < 4.78 is 7.00. The molecule has 0 radical (unpaired) electrons. The lowest BCUT2D eigenvalue weighted by Crippen LogP contribution is -2.57. The average Bonchev–Trinajstić information content (AvgIpc) is 3.09. The third-order valence-corrected chi connectivity index (χ3v) is 5.62. The first-order valence-electron chi connectivity index (χ1n) is 7.94. The molecule has 24 heavy (non-hydrogen) atoms. The first-order chi connectivity index (χ1) is 11.3. The molecule has 3 rings (SSSR count). The van der Waals surface area contributed by atoms with Crippen molar-refractivity contribution in [2.45, 2.75) is 38.1 Å². The summed E-state index contributed by atoms with van der Waals surface area (Å²) in [7, 11) is 1.85. The van der Waals surface area contributed by atoms with Crippen LogP contribution in [0.25, 0.3) is 10.2 Å². The van der Waals surface area contributed by atoms with E-state index in [1.54, 1.807) is 4.68 Å². The maximum Gasteiger partial charge on any atom is 0.329 e. The van der Waals surface area contributed by atoms with Crippen molar-refractivity contribution >= 4 is 33.4 Å². The van der Waals surface area contributed by atoms with Gasteiger partial charge in [0.15, 0.2) is 0 Å². The number of nitrogens with zero attached hydrogens (tertiary/aromatic N) is 2. The average molecular weight is 351 g/mol. The van der Waals surface area contributed by atoms with Crippen molar-refractivity contribution in [3.8, 4) is 0 Å². The molecule has 0 aliphatic carbocycles. The molecule has 7 nitrogen and oxygen atoms in total. The minimum Gasteiger partial charge on any atom is -0.480 e. The zero-order valence-electron chi connectivity index (χ0n) is 14.0. The highest BCUT2D eigenvalue weighted by Gasteiger charge is 2.42. The van der Waals surface area contributed by atoms with E-state index >= 15 is 0 Å².